The zero-order valence-corrected chi connectivity index (χ0v) is 46.1. The molecule has 8 aliphatic rings. The number of rotatable bonds is 21. The first-order valence-electron chi connectivity index (χ1n) is 27.0. The van der Waals surface area contributed by atoms with Gasteiger partial charge in [0.05, 0.1) is 59.5 Å². The lowest BCUT2D eigenvalue weighted by atomic mass is 9.86. The summed E-state index contributed by atoms with van der Waals surface area (Å²) in [6, 6.07) is 5.79. The van der Waals surface area contributed by atoms with Gasteiger partial charge in [0.15, 0.2) is 0 Å². The lowest BCUT2D eigenvalue weighted by Crippen LogP contribution is -2.54. The summed E-state index contributed by atoms with van der Waals surface area (Å²) in [5, 5.41) is 12.3. The number of nitrogens with zero attached hydrogens (tertiary/aromatic N) is 4. The average Bonchev–Trinajstić information content (AvgIpc) is 3.41. The molecule has 8 heterocycles. The predicted octanol–water partition coefficient (Wildman–Crippen LogP) is 5.81. The highest BCUT2D eigenvalue weighted by atomic mass is 35.5. The minimum atomic E-state index is -1.10. The molecule has 6 atom stereocenters. The van der Waals surface area contributed by atoms with Crippen molar-refractivity contribution in [1.29, 1.82) is 0 Å². The summed E-state index contributed by atoms with van der Waals surface area (Å²) in [6.45, 7) is 12.1. The number of esters is 2. The molecule has 0 aromatic heterocycles. The number of carbonyl (C=O) groups excluding carboxylic acids is 3. The van der Waals surface area contributed by atoms with Crippen LogP contribution in [0.3, 0.4) is 0 Å². The summed E-state index contributed by atoms with van der Waals surface area (Å²) in [4.78, 5) is 57.7. The Morgan fingerprint density at radius 3 is 1.48 bits per heavy atom. The minimum Gasteiger partial charge on any atom is -0.496 e. The fraction of sp³-hybridized carbons (Fsp3) is 0.704. The van der Waals surface area contributed by atoms with Crippen molar-refractivity contribution in [3.63, 3.8) is 0 Å². The van der Waals surface area contributed by atoms with Crippen LogP contribution in [0.25, 0.3) is 0 Å². The maximum atomic E-state index is 13.0. The van der Waals surface area contributed by atoms with Gasteiger partial charge in [0, 0.05) is 78.0 Å². The summed E-state index contributed by atoms with van der Waals surface area (Å²) in [7, 11) is 6.29. The second-order valence-electron chi connectivity index (χ2n) is 20.9. The van der Waals surface area contributed by atoms with Crippen molar-refractivity contribution in [3.05, 3.63) is 45.4 Å². The number of nitrogens with one attached hydrogen (secondary N) is 1. The van der Waals surface area contributed by atoms with Gasteiger partial charge in [-0.3, -0.25) is 24.2 Å². The van der Waals surface area contributed by atoms with E-state index in [1.165, 1.54) is 58.3 Å². The third-order valence-electron chi connectivity index (χ3n) is 15.8. The van der Waals surface area contributed by atoms with Gasteiger partial charge in [0.1, 0.15) is 29.3 Å². The fourth-order valence-electron chi connectivity index (χ4n) is 11.2. The van der Waals surface area contributed by atoms with Gasteiger partial charge in [-0.25, -0.2) is 4.79 Å². The highest BCUT2D eigenvalue weighted by Crippen LogP contribution is 2.33. The molecule has 8 N–H and O–H groups in total. The standard InChI is InChI=1S/C27H41ClN4O5.C19H35N3O3.C8H8ClNO3/c1-35-23-15-21(29)20(28)14-19(23)27(34)30-22-9-13-31(17-25(22)36-2)10-5-3-4-6-26(33)37-24-16-32-11-7-18(24)8-12-32;1-24-18-14-21(12-8-16(18)20)9-4-2-3-5-19(23)25-17-13-22-10-6-15(17)7-11-22;1-13-7-3-6(10)5(9)2-4(7)8(11)12/h14-15,18,22,24-25H,3-13,16-17,29H2,1-2H3,(H,30,34);15-18H,2-14,20H2,1H3;2-3H,10H2,1H3,(H,11,12)/t;16-,17?,18+;/m.1./s1. The van der Waals surface area contributed by atoms with E-state index >= 15 is 0 Å². The van der Waals surface area contributed by atoms with E-state index in [0.29, 0.717) is 52.4 Å². The fourth-order valence-corrected chi connectivity index (χ4v) is 11.5. The largest absolute Gasteiger partial charge is 0.496 e. The van der Waals surface area contributed by atoms with E-state index in [-0.39, 0.29) is 70.7 Å². The molecule has 10 rings (SSSR count). The van der Waals surface area contributed by atoms with E-state index in [1.54, 1.807) is 20.3 Å². The van der Waals surface area contributed by atoms with E-state index < -0.39 is 5.97 Å². The van der Waals surface area contributed by atoms with Crippen LogP contribution >= 0.6 is 23.2 Å². The molecule has 0 spiro atoms. The Kier molecular flexibility index (Phi) is 24.1. The van der Waals surface area contributed by atoms with Gasteiger partial charge < -0.3 is 65.8 Å². The number of benzene rings is 2. The summed E-state index contributed by atoms with van der Waals surface area (Å²) >= 11 is 11.8. The number of methoxy groups -OCH3 is 4. The van der Waals surface area contributed by atoms with E-state index in [4.69, 9.17) is 73.9 Å². The van der Waals surface area contributed by atoms with Gasteiger partial charge in [-0.05, 0) is 134 Å². The monoisotopic (exact) mass is 1090 g/mol. The van der Waals surface area contributed by atoms with Gasteiger partial charge in [0.25, 0.3) is 5.91 Å². The van der Waals surface area contributed by atoms with Crippen molar-refractivity contribution >= 4 is 58.4 Å². The van der Waals surface area contributed by atoms with Crippen LogP contribution in [0, 0.1) is 11.8 Å². The molecular formula is C54H84Cl2N8O11. The number of anilines is 2. The van der Waals surface area contributed by atoms with E-state index in [0.717, 1.165) is 130 Å². The van der Waals surface area contributed by atoms with Crippen LogP contribution in [0.5, 0.6) is 11.5 Å². The molecule has 4 bridgehead atoms. The number of nitrogen functional groups attached to an aromatic ring is 2. The Bertz CT molecular complexity index is 2160. The molecule has 0 aliphatic carbocycles. The number of amides is 1. The molecule has 8 aliphatic heterocycles. The summed E-state index contributed by atoms with van der Waals surface area (Å²) in [5.41, 5.74) is 18.4. The molecule has 4 unspecified atom stereocenters. The number of carboxylic acids is 1. The van der Waals surface area contributed by atoms with Crippen LogP contribution in [0.1, 0.15) is 111 Å². The Balaban J connectivity index is 0.000000206. The van der Waals surface area contributed by atoms with E-state index in [2.05, 4.69) is 24.9 Å². The van der Waals surface area contributed by atoms with Gasteiger partial charge in [-0.15, -0.1) is 0 Å². The van der Waals surface area contributed by atoms with Crippen LogP contribution < -0.4 is 32.0 Å². The van der Waals surface area contributed by atoms with Crippen molar-refractivity contribution in [2.45, 2.75) is 126 Å². The number of halogens is 2. The van der Waals surface area contributed by atoms with E-state index in [9.17, 15) is 19.2 Å². The summed E-state index contributed by atoms with van der Waals surface area (Å²) in [6.07, 6.45) is 13.8. The molecule has 19 nitrogen and oxygen atoms in total. The number of carboxylic acid groups (broad SMARTS) is 1. The molecule has 420 valence electrons. The number of likely N-dealkylation sites (tertiary alicyclic amines) is 2. The van der Waals surface area contributed by atoms with Crippen molar-refractivity contribution in [1.82, 2.24) is 24.9 Å². The van der Waals surface area contributed by atoms with Crippen LogP contribution in [-0.2, 0) is 28.5 Å². The highest BCUT2D eigenvalue weighted by molar-refractivity contribution is 6.34. The number of hydrogen-bond donors (Lipinski definition) is 5. The Labute approximate surface area is 453 Å². The topological polar surface area (TPSA) is 247 Å². The van der Waals surface area contributed by atoms with Crippen LogP contribution in [-0.4, -0.2) is 192 Å². The number of ether oxygens (including phenoxy) is 6. The second-order valence-corrected chi connectivity index (χ2v) is 21.7. The van der Waals surface area contributed by atoms with Gasteiger partial charge in [-0.2, -0.15) is 0 Å². The number of fused-ring (bicyclic) bond motifs is 6. The average molecular weight is 1090 g/mol. The van der Waals surface area contributed by atoms with Crippen LogP contribution in [0.15, 0.2) is 24.3 Å². The lowest BCUT2D eigenvalue weighted by Gasteiger charge is -2.43. The first-order chi connectivity index (χ1) is 36.1. The molecule has 8 fully saturated rings. The molecule has 0 radical (unpaired) electrons. The molecular weight excluding hydrogens is 1010 g/mol. The SMILES string of the molecule is CO[C@H]1CN(CCCCCC(=O)OC2CN3CCC2CC3)CC[C@H]1N.COc1cc(N)c(Cl)cc1C(=O)NC1CCN(CCCCCC(=O)OC2CN3CCC2CC3)CC1OC.COc1cc(N)c(Cl)cc1C(=O)O. The zero-order valence-electron chi connectivity index (χ0n) is 44.6. The van der Waals surface area contributed by atoms with E-state index in [1.807, 2.05) is 0 Å². The molecule has 8 saturated heterocycles. The number of unbranched alkanes of at least 4 members (excludes halogenated alkanes) is 4. The van der Waals surface area contributed by atoms with Crippen molar-refractivity contribution in [2.75, 3.05) is 118 Å². The molecule has 75 heavy (non-hydrogen) atoms. The number of carbonyl (C=O) groups is 4. The third kappa shape index (κ3) is 17.9. The number of nitrogens with two attached hydrogens (primary N) is 3. The predicted molar refractivity (Wildman–Crippen MR) is 290 cm³/mol. The van der Waals surface area contributed by atoms with Crippen LogP contribution in [0.2, 0.25) is 10.0 Å². The van der Waals surface area contributed by atoms with Gasteiger partial charge in [0.2, 0.25) is 0 Å². The maximum absolute atomic E-state index is 13.0. The van der Waals surface area contributed by atoms with Crippen molar-refractivity contribution in [3.8, 4) is 11.5 Å². The highest BCUT2D eigenvalue weighted by Gasteiger charge is 2.38. The number of hydrogen-bond acceptors (Lipinski definition) is 17. The van der Waals surface area contributed by atoms with Crippen LogP contribution in [0.4, 0.5) is 11.4 Å². The number of aromatic carboxylic acids is 1. The van der Waals surface area contributed by atoms with Crippen molar-refractivity contribution in [2.24, 2.45) is 17.6 Å². The third-order valence-corrected chi connectivity index (χ3v) is 16.5. The molecule has 2 aromatic carbocycles. The first kappa shape index (κ1) is 60.1. The normalized spacial score (nSPS) is 27.2. The molecule has 2 aromatic rings. The van der Waals surface area contributed by atoms with Gasteiger partial charge in [-0.1, -0.05) is 36.0 Å². The Morgan fingerprint density at radius 2 is 1.04 bits per heavy atom. The second kappa shape index (κ2) is 30.1. The smallest absolute Gasteiger partial charge is 0.339 e. The first-order valence-corrected chi connectivity index (χ1v) is 27.7. The molecule has 0 saturated carbocycles. The zero-order chi connectivity index (χ0) is 54.0. The summed E-state index contributed by atoms with van der Waals surface area (Å²) in [5.74, 6) is 0.349. The quantitative estimate of drug-likeness (QED) is 0.0562. The lowest BCUT2D eigenvalue weighted by molar-refractivity contribution is -0.159. The molecule has 21 heteroatoms. The molecule has 1 amide bonds. The van der Waals surface area contributed by atoms with Gasteiger partial charge >= 0.3 is 17.9 Å². The minimum absolute atomic E-state index is 0.00157. The Morgan fingerprint density at radius 1 is 0.587 bits per heavy atom. The maximum Gasteiger partial charge on any atom is 0.339 e. The number of piperidine rings is 8. The summed E-state index contributed by atoms with van der Waals surface area (Å²) < 4.78 is 32.9. The van der Waals surface area contributed by atoms with Crippen molar-refractivity contribution < 1.29 is 52.7 Å². The Hall–Kier alpha value is -4.18.